The van der Waals surface area contributed by atoms with Crippen LogP contribution in [0, 0.1) is 5.82 Å². The average Bonchev–Trinajstić information content (AvgIpc) is 3.07. The highest BCUT2D eigenvalue weighted by Crippen LogP contribution is 2.39. The number of piperidine rings is 1. The highest BCUT2D eigenvalue weighted by Gasteiger charge is 2.45. The quantitative estimate of drug-likeness (QED) is 0.776. The summed E-state index contributed by atoms with van der Waals surface area (Å²) in [6.45, 7) is 4.38. The minimum absolute atomic E-state index is 0.193. The zero-order chi connectivity index (χ0) is 19.9. The van der Waals surface area contributed by atoms with E-state index in [2.05, 4.69) is 26.7 Å². The van der Waals surface area contributed by atoms with Crippen LogP contribution in [0.3, 0.4) is 0 Å². The number of hydrogen-bond donors (Lipinski definition) is 0. The van der Waals surface area contributed by atoms with E-state index in [4.69, 9.17) is 0 Å². The van der Waals surface area contributed by atoms with E-state index < -0.39 is 10.0 Å². The first-order chi connectivity index (χ1) is 13.3. The molecule has 3 heterocycles. The van der Waals surface area contributed by atoms with Gasteiger partial charge in [-0.1, -0.05) is 6.92 Å². The van der Waals surface area contributed by atoms with Crippen molar-refractivity contribution < 1.29 is 12.8 Å². The molecule has 0 radical (unpaired) electrons. The van der Waals surface area contributed by atoms with E-state index in [9.17, 15) is 12.8 Å². The first-order valence-electron chi connectivity index (χ1n) is 9.72. The van der Waals surface area contributed by atoms with Gasteiger partial charge in [-0.3, -0.25) is 4.90 Å². The van der Waals surface area contributed by atoms with E-state index >= 15 is 0 Å². The van der Waals surface area contributed by atoms with Crippen LogP contribution in [0.2, 0.25) is 0 Å². The lowest BCUT2D eigenvalue weighted by molar-refractivity contribution is 0.0756. The second kappa shape index (κ2) is 7.20. The standard InChI is InChI=1S/C19H26FN5O2S/c1-3-12-28(26,27)24-10-8-19(9-11-24)14-23(2)13-17-21-22-18(25(17)19)15-4-6-16(20)7-5-15/h4-7H,3,8-14H2,1-2H3. The molecular formula is C19H26FN5O2S. The molecule has 4 rings (SSSR count). The minimum atomic E-state index is -3.20. The van der Waals surface area contributed by atoms with E-state index in [1.165, 1.54) is 12.1 Å². The minimum Gasteiger partial charge on any atom is -0.302 e. The molecule has 0 atom stereocenters. The molecule has 1 spiro atoms. The zero-order valence-electron chi connectivity index (χ0n) is 16.3. The summed E-state index contributed by atoms with van der Waals surface area (Å²) < 4.78 is 42.2. The number of sulfonamides is 1. The van der Waals surface area contributed by atoms with Crippen LogP contribution in [0.25, 0.3) is 11.4 Å². The fraction of sp³-hybridized carbons (Fsp3) is 0.579. The lowest BCUT2D eigenvalue weighted by Crippen LogP contribution is -2.56. The smallest absolute Gasteiger partial charge is 0.214 e. The van der Waals surface area contributed by atoms with Crippen LogP contribution in [0.4, 0.5) is 4.39 Å². The summed E-state index contributed by atoms with van der Waals surface area (Å²) >= 11 is 0. The fourth-order valence-corrected chi connectivity index (χ4v) is 6.04. The van der Waals surface area contributed by atoms with Gasteiger partial charge in [-0.2, -0.15) is 0 Å². The topological polar surface area (TPSA) is 71.3 Å². The van der Waals surface area contributed by atoms with Crippen molar-refractivity contribution in [2.45, 2.75) is 38.3 Å². The molecule has 0 N–H and O–H groups in total. The van der Waals surface area contributed by atoms with Crippen LogP contribution in [-0.4, -0.2) is 64.8 Å². The van der Waals surface area contributed by atoms with Crippen molar-refractivity contribution in [1.82, 2.24) is 24.0 Å². The lowest BCUT2D eigenvalue weighted by Gasteiger charge is -2.47. The Kier molecular flexibility index (Phi) is 5.01. The number of aromatic nitrogens is 3. The number of fused-ring (bicyclic) bond motifs is 2. The molecule has 152 valence electrons. The Bertz CT molecular complexity index is 949. The third-order valence-electron chi connectivity index (χ3n) is 5.79. The summed E-state index contributed by atoms with van der Waals surface area (Å²) in [5.74, 6) is 1.51. The summed E-state index contributed by atoms with van der Waals surface area (Å²) in [7, 11) is -1.14. The monoisotopic (exact) mass is 407 g/mol. The molecule has 0 amide bonds. The molecule has 1 fully saturated rings. The van der Waals surface area contributed by atoms with Crippen molar-refractivity contribution in [3.8, 4) is 11.4 Å². The van der Waals surface area contributed by atoms with Gasteiger partial charge in [0.05, 0.1) is 17.8 Å². The maximum atomic E-state index is 13.4. The van der Waals surface area contributed by atoms with Crippen LogP contribution in [0.1, 0.15) is 32.0 Å². The number of hydrogen-bond acceptors (Lipinski definition) is 5. The highest BCUT2D eigenvalue weighted by molar-refractivity contribution is 7.89. The number of nitrogens with zero attached hydrogens (tertiary/aromatic N) is 5. The first kappa shape index (κ1) is 19.5. The molecule has 28 heavy (non-hydrogen) atoms. The number of rotatable bonds is 4. The number of halogens is 1. The predicted molar refractivity (Wildman–Crippen MR) is 105 cm³/mol. The van der Waals surface area contributed by atoms with Gasteiger partial charge >= 0.3 is 0 Å². The van der Waals surface area contributed by atoms with E-state index in [1.54, 1.807) is 16.4 Å². The van der Waals surface area contributed by atoms with E-state index in [1.807, 2.05) is 6.92 Å². The van der Waals surface area contributed by atoms with Crippen LogP contribution in [0.5, 0.6) is 0 Å². The van der Waals surface area contributed by atoms with E-state index in [0.29, 0.717) is 38.9 Å². The van der Waals surface area contributed by atoms with Crippen molar-refractivity contribution in [3.05, 3.63) is 35.9 Å². The van der Waals surface area contributed by atoms with Crippen molar-refractivity contribution in [2.75, 3.05) is 32.4 Å². The predicted octanol–water partition coefficient (Wildman–Crippen LogP) is 2.06. The zero-order valence-corrected chi connectivity index (χ0v) is 17.1. The van der Waals surface area contributed by atoms with E-state index in [-0.39, 0.29) is 17.1 Å². The van der Waals surface area contributed by atoms with Crippen LogP contribution in [0.15, 0.2) is 24.3 Å². The molecule has 0 saturated carbocycles. The van der Waals surface area contributed by atoms with Crippen molar-refractivity contribution in [3.63, 3.8) is 0 Å². The van der Waals surface area contributed by atoms with Gasteiger partial charge < -0.3 is 4.57 Å². The molecule has 9 heteroatoms. The number of likely N-dealkylation sites (N-methyl/N-ethyl adjacent to an activating group) is 1. The lowest BCUT2D eigenvalue weighted by atomic mass is 9.85. The molecule has 2 aliphatic heterocycles. The molecule has 1 aromatic heterocycles. The molecular weight excluding hydrogens is 381 g/mol. The van der Waals surface area contributed by atoms with Gasteiger partial charge in [-0.15, -0.1) is 10.2 Å². The van der Waals surface area contributed by atoms with Gasteiger partial charge in [0, 0.05) is 25.2 Å². The Hall–Kier alpha value is -1.84. The molecule has 1 saturated heterocycles. The first-order valence-corrected chi connectivity index (χ1v) is 11.3. The normalized spacial score (nSPS) is 20.4. The Morgan fingerprint density at radius 2 is 1.82 bits per heavy atom. The summed E-state index contributed by atoms with van der Waals surface area (Å²) in [5, 5.41) is 8.81. The van der Waals surface area contributed by atoms with E-state index in [0.717, 1.165) is 23.8 Å². The Morgan fingerprint density at radius 3 is 2.46 bits per heavy atom. The van der Waals surface area contributed by atoms with Crippen LogP contribution < -0.4 is 0 Å². The average molecular weight is 408 g/mol. The van der Waals surface area contributed by atoms with Gasteiger partial charge in [0.1, 0.15) is 11.6 Å². The second-order valence-electron chi connectivity index (χ2n) is 7.89. The van der Waals surface area contributed by atoms with Gasteiger partial charge in [0.25, 0.3) is 0 Å². The third kappa shape index (κ3) is 3.35. The van der Waals surface area contributed by atoms with Crippen molar-refractivity contribution in [1.29, 1.82) is 0 Å². The Balaban J connectivity index is 1.69. The van der Waals surface area contributed by atoms with Crippen molar-refractivity contribution in [2.24, 2.45) is 0 Å². The summed E-state index contributed by atoms with van der Waals surface area (Å²) in [6.07, 6.45) is 2.04. The van der Waals surface area contributed by atoms with Crippen LogP contribution >= 0.6 is 0 Å². The molecule has 0 unspecified atom stereocenters. The van der Waals surface area contributed by atoms with Gasteiger partial charge in [0.2, 0.25) is 10.0 Å². The molecule has 0 bridgehead atoms. The fourth-order valence-electron chi connectivity index (χ4n) is 4.52. The number of benzene rings is 1. The molecule has 2 aliphatic rings. The largest absolute Gasteiger partial charge is 0.302 e. The van der Waals surface area contributed by atoms with Gasteiger partial charge in [0.15, 0.2) is 5.82 Å². The van der Waals surface area contributed by atoms with Crippen LogP contribution in [-0.2, 0) is 22.1 Å². The van der Waals surface area contributed by atoms with Gasteiger partial charge in [-0.25, -0.2) is 17.1 Å². The summed E-state index contributed by atoms with van der Waals surface area (Å²) in [5.41, 5.74) is 0.568. The second-order valence-corrected chi connectivity index (χ2v) is 9.98. The summed E-state index contributed by atoms with van der Waals surface area (Å²) in [6, 6.07) is 6.30. The van der Waals surface area contributed by atoms with Gasteiger partial charge in [-0.05, 0) is 50.6 Å². The SMILES string of the molecule is CCCS(=O)(=O)N1CCC2(CC1)CN(C)Cc1nnc(-c3ccc(F)cc3)n12. The molecule has 2 aromatic rings. The molecule has 7 nitrogen and oxygen atoms in total. The van der Waals surface area contributed by atoms with Crippen molar-refractivity contribution >= 4 is 10.0 Å². The molecule has 1 aromatic carbocycles. The highest BCUT2D eigenvalue weighted by atomic mass is 32.2. The third-order valence-corrected chi connectivity index (χ3v) is 7.87. The summed E-state index contributed by atoms with van der Waals surface area (Å²) in [4.78, 5) is 2.22. The maximum Gasteiger partial charge on any atom is 0.214 e. The molecule has 0 aliphatic carbocycles. The Labute approximate surface area is 165 Å². The maximum absolute atomic E-state index is 13.4. The Morgan fingerprint density at radius 1 is 1.14 bits per heavy atom.